The van der Waals surface area contributed by atoms with Crippen LogP contribution in [0.15, 0.2) is 72.9 Å². The molecule has 0 saturated carbocycles. The molecule has 0 saturated heterocycles. The molecule has 0 aliphatic carbocycles. The van der Waals surface area contributed by atoms with Crippen molar-refractivity contribution in [2.45, 2.75) is 61.3 Å². The van der Waals surface area contributed by atoms with Gasteiger partial charge in [-0.3, -0.25) is 0 Å². The summed E-state index contributed by atoms with van der Waals surface area (Å²) in [6, 6.07) is 25.2. The normalized spacial score (nSPS) is 12.2. The summed E-state index contributed by atoms with van der Waals surface area (Å²) < 4.78 is 7.26. The molecule has 0 amide bonds. The van der Waals surface area contributed by atoms with E-state index in [0.29, 0.717) is 11.8 Å². The lowest BCUT2D eigenvalue weighted by atomic mass is 9.89. The van der Waals surface area contributed by atoms with Crippen molar-refractivity contribution in [1.82, 2.24) is 8.97 Å². The van der Waals surface area contributed by atoms with E-state index in [0.717, 1.165) is 12.8 Å². The number of hydrogen-bond donors (Lipinski definition) is 0. The molecule has 3 aromatic heterocycles. The molecule has 0 atom stereocenters. The number of imidazole rings is 1. The van der Waals surface area contributed by atoms with Crippen LogP contribution in [0.4, 0.5) is 0 Å². The second-order valence-corrected chi connectivity index (χ2v) is 12.6. The van der Waals surface area contributed by atoms with Crippen molar-refractivity contribution in [2.75, 3.05) is 0 Å². The van der Waals surface area contributed by atoms with Gasteiger partial charge < -0.3 is 4.57 Å². The molecule has 40 heavy (non-hydrogen) atoms. The largest absolute Gasteiger partial charge is 0.318 e. The highest BCUT2D eigenvalue weighted by molar-refractivity contribution is 6.13. The Bertz CT molecular complexity index is 1850. The van der Waals surface area contributed by atoms with Crippen molar-refractivity contribution in [3.05, 3.63) is 101 Å². The Kier molecular flexibility index (Phi) is 6.57. The van der Waals surface area contributed by atoms with Crippen molar-refractivity contribution >= 4 is 27.3 Å². The van der Waals surface area contributed by atoms with E-state index < -0.39 is 0 Å². The third-order valence-corrected chi connectivity index (χ3v) is 8.39. The third kappa shape index (κ3) is 4.23. The summed E-state index contributed by atoms with van der Waals surface area (Å²) in [6.07, 6.45) is 4.51. The van der Waals surface area contributed by atoms with Crippen LogP contribution >= 0.6 is 0 Å². The molecule has 6 rings (SSSR count). The molecular formula is C37H42N3+. The number of fused-ring (bicyclic) bond motifs is 6. The fourth-order valence-corrected chi connectivity index (χ4v) is 6.82. The number of rotatable bonds is 6. The second kappa shape index (κ2) is 9.96. The zero-order chi connectivity index (χ0) is 28.3. The highest BCUT2D eigenvalue weighted by Crippen LogP contribution is 2.38. The number of hydrogen-bond acceptors (Lipinski definition) is 0. The molecule has 0 aliphatic rings. The standard InChI is InChI=1S/C37H42N3/c1-23(2)19-28-12-10-13-29(20-24(3)4)36(28)34-22-38(8)37-35-25(5)11-9-14-31(35)32-21-30(17-18-33(32)40(34)37)39-26(6)15-16-27(39)7/h9-18,21-24H,19-20H2,1-8H3/q+1. The van der Waals surface area contributed by atoms with E-state index in [1.54, 1.807) is 0 Å². The molecular weight excluding hydrogens is 486 g/mol. The Labute approximate surface area is 238 Å². The average Bonchev–Trinajstić information content (AvgIpc) is 3.41. The molecule has 3 nitrogen and oxygen atoms in total. The molecule has 3 heterocycles. The first-order valence-corrected chi connectivity index (χ1v) is 14.8. The van der Waals surface area contributed by atoms with Crippen molar-refractivity contribution in [1.29, 1.82) is 0 Å². The first-order chi connectivity index (χ1) is 19.2. The van der Waals surface area contributed by atoms with Crippen molar-refractivity contribution in [3.63, 3.8) is 0 Å². The van der Waals surface area contributed by atoms with Gasteiger partial charge in [0.1, 0.15) is 11.7 Å². The monoisotopic (exact) mass is 528 g/mol. The third-order valence-electron chi connectivity index (χ3n) is 8.39. The topological polar surface area (TPSA) is 13.2 Å². The molecule has 3 aromatic carbocycles. The van der Waals surface area contributed by atoms with Gasteiger partial charge in [-0.25, -0.2) is 4.57 Å². The van der Waals surface area contributed by atoms with Gasteiger partial charge >= 0.3 is 0 Å². The van der Waals surface area contributed by atoms with Gasteiger partial charge in [0.15, 0.2) is 5.69 Å². The Balaban J connectivity index is 1.78. The predicted octanol–water partition coefficient (Wildman–Crippen LogP) is 8.85. The van der Waals surface area contributed by atoms with Gasteiger partial charge in [0.2, 0.25) is 0 Å². The lowest BCUT2D eigenvalue weighted by Gasteiger charge is -2.17. The van der Waals surface area contributed by atoms with Gasteiger partial charge in [-0.1, -0.05) is 64.1 Å². The number of pyridine rings is 1. The summed E-state index contributed by atoms with van der Waals surface area (Å²) in [4.78, 5) is 0. The summed E-state index contributed by atoms with van der Waals surface area (Å²) in [5, 5.41) is 3.93. The summed E-state index contributed by atoms with van der Waals surface area (Å²) in [5.74, 6) is 1.17. The van der Waals surface area contributed by atoms with Crippen LogP contribution in [0, 0.1) is 32.6 Å². The highest BCUT2D eigenvalue weighted by Gasteiger charge is 2.27. The molecule has 0 aliphatic heterocycles. The molecule has 0 unspecified atom stereocenters. The van der Waals surface area contributed by atoms with Gasteiger partial charge in [0.25, 0.3) is 5.65 Å². The number of nitrogens with zero attached hydrogens (tertiary/aromatic N) is 3. The summed E-state index contributed by atoms with van der Waals surface area (Å²) >= 11 is 0. The first-order valence-electron chi connectivity index (χ1n) is 14.8. The Morgan fingerprint density at radius 1 is 0.725 bits per heavy atom. The van der Waals surface area contributed by atoms with Crippen LogP contribution in [0.2, 0.25) is 0 Å². The minimum atomic E-state index is 0.587. The van der Waals surface area contributed by atoms with E-state index in [4.69, 9.17) is 0 Å². The van der Waals surface area contributed by atoms with E-state index in [1.807, 2.05) is 0 Å². The number of aromatic nitrogens is 3. The summed E-state index contributed by atoms with van der Waals surface area (Å²) in [6.45, 7) is 15.9. The van der Waals surface area contributed by atoms with E-state index in [9.17, 15) is 0 Å². The molecule has 3 heteroatoms. The molecule has 0 bridgehead atoms. The Morgan fingerprint density at radius 2 is 1.35 bits per heavy atom. The van der Waals surface area contributed by atoms with Crippen LogP contribution < -0.4 is 4.57 Å². The van der Waals surface area contributed by atoms with E-state index in [1.165, 1.54) is 72.3 Å². The molecule has 0 N–H and O–H groups in total. The van der Waals surface area contributed by atoms with Crippen molar-refractivity contribution < 1.29 is 4.57 Å². The van der Waals surface area contributed by atoms with Gasteiger partial charge in [0, 0.05) is 33.4 Å². The molecule has 0 spiro atoms. The van der Waals surface area contributed by atoms with Crippen LogP contribution in [-0.4, -0.2) is 8.97 Å². The maximum Gasteiger partial charge on any atom is 0.295 e. The zero-order valence-corrected chi connectivity index (χ0v) is 25.3. The van der Waals surface area contributed by atoms with Crippen molar-refractivity contribution in [2.24, 2.45) is 18.9 Å². The maximum atomic E-state index is 2.55. The lowest BCUT2D eigenvalue weighted by molar-refractivity contribution is -0.643. The SMILES string of the molecule is Cc1cccc2c3cc(-n4c(C)ccc4C)ccc3n3c(-c4c(CC(C)C)cccc4CC(C)C)c[n+](C)c3c12. The van der Waals surface area contributed by atoms with Gasteiger partial charge in [-0.2, -0.15) is 4.40 Å². The van der Waals surface area contributed by atoms with E-state index in [2.05, 4.69) is 142 Å². The second-order valence-electron chi connectivity index (χ2n) is 12.6. The minimum absolute atomic E-state index is 0.587. The Hall–Kier alpha value is -3.85. The van der Waals surface area contributed by atoms with Crippen LogP contribution in [0.3, 0.4) is 0 Å². The Morgan fingerprint density at radius 3 is 1.98 bits per heavy atom. The van der Waals surface area contributed by atoms with Gasteiger partial charge in [-0.15, -0.1) is 0 Å². The minimum Gasteiger partial charge on any atom is -0.318 e. The first kappa shape index (κ1) is 26.4. The zero-order valence-electron chi connectivity index (χ0n) is 25.3. The summed E-state index contributed by atoms with van der Waals surface area (Å²) in [5.41, 5.74) is 13.1. The van der Waals surface area contributed by atoms with E-state index >= 15 is 0 Å². The number of benzene rings is 3. The smallest absolute Gasteiger partial charge is 0.295 e. The quantitative estimate of drug-likeness (QED) is 0.151. The maximum absolute atomic E-state index is 2.55. The fraction of sp³-hybridized carbons (Fsp3) is 0.324. The van der Waals surface area contributed by atoms with Gasteiger partial charge in [-0.05, 0) is 92.5 Å². The predicted molar refractivity (Wildman–Crippen MR) is 170 cm³/mol. The van der Waals surface area contributed by atoms with Crippen LogP contribution in [0.1, 0.15) is 55.8 Å². The van der Waals surface area contributed by atoms with E-state index in [-0.39, 0.29) is 0 Å². The van der Waals surface area contributed by atoms with Gasteiger partial charge in [0.05, 0.1) is 12.4 Å². The van der Waals surface area contributed by atoms with Crippen LogP contribution in [-0.2, 0) is 19.9 Å². The van der Waals surface area contributed by atoms with Crippen LogP contribution in [0.5, 0.6) is 0 Å². The van der Waals surface area contributed by atoms with Crippen molar-refractivity contribution in [3.8, 4) is 16.9 Å². The molecule has 0 fully saturated rings. The summed E-state index contributed by atoms with van der Waals surface area (Å²) in [7, 11) is 2.21. The fourth-order valence-electron chi connectivity index (χ4n) is 6.82. The molecule has 0 radical (unpaired) electrons. The number of aryl methyl sites for hydroxylation is 4. The highest BCUT2D eigenvalue weighted by atomic mass is 15.1. The molecule has 6 aromatic rings. The van der Waals surface area contributed by atoms with Crippen LogP contribution in [0.25, 0.3) is 44.3 Å². The molecule has 204 valence electrons. The lowest BCUT2D eigenvalue weighted by Crippen LogP contribution is -2.26. The average molecular weight is 529 g/mol.